The number of hydrogen-bond donors (Lipinski definition) is 1. The summed E-state index contributed by atoms with van der Waals surface area (Å²) in [7, 11) is 0. The minimum atomic E-state index is 0.141. The Hall–Kier alpha value is -0.990. The normalized spacial score (nSPS) is 10.6. The van der Waals surface area contributed by atoms with E-state index in [-0.39, 0.29) is 5.91 Å². The van der Waals surface area contributed by atoms with Crippen molar-refractivity contribution in [3.63, 3.8) is 0 Å². The summed E-state index contributed by atoms with van der Waals surface area (Å²) in [5, 5.41) is 2.86. The Bertz CT molecular complexity index is 292. The fourth-order valence-corrected chi connectivity index (χ4v) is 3.08. The molecule has 0 unspecified atom stereocenters. The maximum absolute atomic E-state index is 11.5. The van der Waals surface area contributed by atoms with Crippen molar-refractivity contribution in [3.8, 4) is 0 Å². The molecule has 25 heavy (non-hydrogen) atoms. The molecule has 3 nitrogen and oxygen atoms in total. The van der Waals surface area contributed by atoms with Gasteiger partial charge in [0, 0.05) is 6.42 Å². The van der Waals surface area contributed by atoms with Crippen LogP contribution in [-0.4, -0.2) is 19.1 Å². The van der Waals surface area contributed by atoms with Gasteiger partial charge in [-0.2, -0.15) is 0 Å². The van der Waals surface area contributed by atoms with Gasteiger partial charge in [-0.05, 0) is 6.42 Å². The van der Waals surface area contributed by atoms with Gasteiger partial charge in [0.1, 0.15) is 6.61 Å². The van der Waals surface area contributed by atoms with Gasteiger partial charge in [-0.1, -0.05) is 103 Å². The zero-order chi connectivity index (χ0) is 18.4. The first kappa shape index (κ1) is 24.0. The van der Waals surface area contributed by atoms with E-state index in [1.807, 2.05) is 0 Å². The highest BCUT2D eigenvalue weighted by Gasteiger charge is 2.00. The molecule has 0 heterocycles. The molecule has 0 rings (SSSR count). The maximum Gasteiger partial charge on any atom is 0.220 e. The number of ether oxygens (including phenoxy) is 1. The average Bonchev–Trinajstić information content (AvgIpc) is 2.62. The second-order valence-electron chi connectivity index (χ2n) is 7.09. The standard InChI is InChI=1S/C22H43NO2/c1-3-5-6-7-8-9-10-11-12-13-14-15-16-17-18-19-22(24)23-20-21-25-4-2/h4H,2-3,5-21H2,1H3,(H,23,24). The summed E-state index contributed by atoms with van der Waals surface area (Å²) in [4.78, 5) is 11.5. The van der Waals surface area contributed by atoms with Crippen LogP contribution in [0.2, 0.25) is 0 Å². The maximum atomic E-state index is 11.5. The van der Waals surface area contributed by atoms with Crippen molar-refractivity contribution < 1.29 is 9.53 Å². The van der Waals surface area contributed by atoms with Gasteiger partial charge in [0.15, 0.2) is 0 Å². The third-order valence-electron chi connectivity index (χ3n) is 4.67. The van der Waals surface area contributed by atoms with E-state index in [1.54, 1.807) is 0 Å². The topological polar surface area (TPSA) is 38.3 Å². The van der Waals surface area contributed by atoms with E-state index in [1.165, 1.54) is 96.2 Å². The van der Waals surface area contributed by atoms with E-state index < -0.39 is 0 Å². The van der Waals surface area contributed by atoms with Gasteiger partial charge in [0.25, 0.3) is 0 Å². The summed E-state index contributed by atoms with van der Waals surface area (Å²) in [5.41, 5.74) is 0. The molecule has 0 aliphatic heterocycles. The molecule has 0 fully saturated rings. The summed E-state index contributed by atoms with van der Waals surface area (Å²) in [6.45, 7) is 6.82. The van der Waals surface area contributed by atoms with Crippen molar-refractivity contribution in [2.45, 2.75) is 110 Å². The first-order chi connectivity index (χ1) is 12.3. The molecule has 0 atom stereocenters. The monoisotopic (exact) mass is 353 g/mol. The van der Waals surface area contributed by atoms with Gasteiger partial charge in [-0.15, -0.1) is 0 Å². The predicted octanol–water partition coefficient (Wildman–Crippen LogP) is 6.52. The number of unbranched alkanes of at least 4 members (excludes halogenated alkanes) is 14. The van der Waals surface area contributed by atoms with Gasteiger partial charge >= 0.3 is 0 Å². The van der Waals surface area contributed by atoms with Crippen molar-refractivity contribution in [1.82, 2.24) is 5.32 Å². The highest BCUT2D eigenvalue weighted by molar-refractivity contribution is 5.75. The van der Waals surface area contributed by atoms with Crippen LogP contribution in [0.15, 0.2) is 12.8 Å². The van der Waals surface area contributed by atoms with Crippen LogP contribution >= 0.6 is 0 Å². The molecule has 0 aliphatic rings. The van der Waals surface area contributed by atoms with Gasteiger partial charge in [-0.25, -0.2) is 0 Å². The second-order valence-corrected chi connectivity index (χ2v) is 7.09. The Kier molecular flexibility index (Phi) is 20.2. The van der Waals surface area contributed by atoms with Crippen LogP contribution in [0.5, 0.6) is 0 Å². The third kappa shape index (κ3) is 21.0. The molecule has 0 aromatic heterocycles. The van der Waals surface area contributed by atoms with E-state index >= 15 is 0 Å². The molecular formula is C22H43NO2. The quantitative estimate of drug-likeness (QED) is 0.200. The lowest BCUT2D eigenvalue weighted by molar-refractivity contribution is -0.121. The zero-order valence-corrected chi connectivity index (χ0v) is 16.8. The Morgan fingerprint density at radius 3 is 1.68 bits per heavy atom. The predicted molar refractivity (Wildman–Crippen MR) is 109 cm³/mol. The molecule has 0 saturated heterocycles. The third-order valence-corrected chi connectivity index (χ3v) is 4.67. The van der Waals surface area contributed by atoms with E-state index in [4.69, 9.17) is 4.74 Å². The average molecular weight is 354 g/mol. The number of carbonyl (C=O) groups is 1. The van der Waals surface area contributed by atoms with Crippen LogP contribution in [-0.2, 0) is 9.53 Å². The molecule has 1 N–H and O–H groups in total. The molecule has 148 valence electrons. The lowest BCUT2D eigenvalue weighted by Crippen LogP contribution is -2.26. The van der Waals surface area contributed by atoms with Crippen molar-refractivity contribution in [2.75, 3.05) is 13.2 Å². The summed E-state index contributed by atoms with van der Waals surface area (Å²) >= 11 is 0. The van der Waals surface area contributed by atoms with Gasteiger partial charge in [0.05, 0.1) is 12.8 Å². The highest BCUT2D eigenvalue weighted by Crippen LogP contribution is 2.13. The smallest absolute Gasteiger partial charge is 0.220 e. The molecule has 0 aromatic carbocycles. The fourth-order valence-electron chi connectivity index (χ4n) is 3.08. The summed E-state index contributed by atoms with van der Waals surface area (Å²) in [6.07, 6.45) is 22.3. The Balaban J connectivity index is 3.09. The number of carbonyl (C=O) groups excluding carboxylic acids is 1. The van der Waals surface area contributed by atoms with E-state index in [0.29, 0.717) is 19.6 Å². The Labute approximate surface area is 157 Å². The molecule has 3 heteroatoms. The number of nitrogens with one attached hydrogen (secondary N) is 1. The van der Waals surface area contributed by atoms with E-state index in [9.17, 15) is 4.79 Å². The van der Waals surface area contributed by atoms with E-state index in [0.717, 1.165) is 6.42 Å². The Morgan fingerprint density at radius 1 is 0.800 bits per heavy atom. The van der Waals surface area contributed by atoms with Gasteiger partial charge in [-0.3, -0.25) is 4.79 Å². The minimum Gasteiger partial charge on any atom is -0.500 e. The molecule has 0 aromatic rings. The van der Waals surface area contributed by atoms with E-state index in [2.05, 4.69) is 18.8 Å². The zero-order valence-electron chi connectivity index (χ0n) is 16.8. The van der Waals surface area contributed by atoms with Gasteiger partial charge < -0.3 is 10.1 Å². The molecule has 0 spiro atoms. The van der Waals surface area contributed by atoms with Crippen molar-refractivity contribution in [3.05, 3.63) is 12.8 Å². The lowest BCUT2D eigenvalue weighted by Gasteiger charge is -2.05. The Morgan fingerprint density at radius 2 is 1.24 bits per heavy atom. The van der Waals surface area contributed by atoms with Crippen LogP contribution in [0.25, 0.3) is 0 Å². The number of hydrogen-bond acceptors (Lipinski definition) is 2. The molecule has 0 radical (unpaired) electrons. The largest absolute Gasteiger partial charge is 0.500 e. The second kappa shape index (κ2) is 21.1. The van der Waals surface area contributed by atoms with Crippen molar-refractivity contribution in [2.24, 2.45) is 0 Å². The lowest BCUT2D eigenvalue weighted by atomic mass is 10.0. The summed E-state index contributed by atoms with van der Waals surface area (Å²) in [5.74, 6) is 0.141. The van der Waals surface area contributed by atoms with Crippen LogP contribution in [0, 0.1) is 0 Å². The van der Waals surface area contributed by atoms with Crippen LogP contribution < -0.4 is 5.32 Å². The van der Waals surface area contributed by atoms with Crippen molar-refractivity contribution in [1.29, 1.82) is 0 Å². The van der Waals surface area contributed by atoms with Crippen molar-refractivity contribution >= 4 is 5.91 Å². The molecule has 0 aliphatic carbocycles. The van der Waals surface area contributed by atoms with Crippen LogP contribution in [0.3, 0.4) is 0 Å². The summed E-state index contributed by atoms with van der Waals surface area (Å²) in [6, 6.07) is 0. The highest BCUT2D eigenvalue weighted by atomic mass is 16.5. The summed E-state index contributed by atoms with van der Waals surface area (Å²) < 4.78 is 4.96. The molecule has 1 amide bonds. The SMILES string of the molecule is C=COCCNC(=O)CCCCCCCCCCCCCCCCC. The first-order valence-electron chi connectivity index (χ1n) is 10.8. The minimum absolute atomic E-state index is 0.141. The van der Waals surface area contributed by atoms with Gasteiger partial charge in [0.2, 0.25) is 5.91 Å². The number of amides is 1. The number of rotatable bonds is 20. The molecule has 0 bridgehead atoms. The molecule has 0 saturated carbocycles. The first-order valence-corrected chi connectivity index (χ1v) is 10.8. The van der Waals surface area contributed by atoms with Crippen LogP contribution in [0.1, 0.15) is 110 Å². The molecular weight excluding hydrogens is 310 g/mol. The fraction of sp³-hybridized carbons (Fsp3) is 0.864. The van der Waals surface area contributed by atoms with Crippen LogP contribution in [0.4, 0.5) is 0 Å².